The smallest absolute Gasteiger partial charge is 0.0624 e. The van der Waals surface area contributed by atoms with Crippen molar-refractivity contribution < 1.29 is 0 Å². The first-order valence-electron chi connectivity index (χ1n) is 5.19. The number of allylic oxidation sites excluding steroid dienone is 5. The molecule has 1 nitrogen and oxygen atoms in total. The van der Waals surface area contributed by atoms with Crippen LogP contribution in [0, 0.1) is 11.3 Å². The highest BCUT2D eigenvalue weighted by molar-refractivity contribution is 4.90. The first kappa shape index (κ1) is 12.7. The molecule has 0 aromatic rings. The van der Waals surface area contributed by atoms with Crippen molar-refractivity contribution in [1.29, 1.82) is 5.26 Å². The van der Waals surface area contributed by atoms with Crippen LogP contribution in [0.25, 0.3) is 0 Å². The van der Waals surface area contributed by atoms with Crippen LogP contribution in [-0.2, 0) is 0 Å². The highest BCUT2D eigenvalue weighted by Crippen LogP contribution is 2.00. The summed E-state index contributed by atoms with van der Waals surface area (Å²) in [6.07, 6.45) is 16.4. The lowest BCUT2D eigenvalue weighted by Gasteiger charge is -1.89. The fourth-order valence-corrected chi connectivity index (χ4v) is 1.05. The van der Waals surface area contributed by atoms with Crippen LogP contribution in [0.1, 0.15) is 38.5 Å². The molecular weight excluding hydrogens is 170 g/mol. The van der Waals surface area contributed by atoms with Crippen LogP contribution in [0.2, 0.25) is 0 Å². The van der Waals surface area contributed by atoms with Crippen LogP contribution in [0.3, 0.4) is 0 Å². The van der Waals surface area contributed by atoms with E-state index in [1.165, 1.54) is 6.42 Å². The Morgan fingerprint density at radius 2 is 1.64 bits per heavy atom. The van der Waals surface area contributed by atoms with Crippen molar-refractivity contribution in [3.05, 3.63) is 37.0 Å². The van der Waals surface area contributed by atoms with Gasteiger partial charge in [0.25, 0.3) is 0 Å². The van der Waals surface area contributed by atoms with Crippen LogP contribution in [0.5, 0.6) is 0 Å². The highest BCUT2D eigenvalue weighted by Gasteiger charge is 1.81. The fraction of sp³-hybridized carbons (Fsp3) is 0.462. The molecule has 0 rings (SSSR count). The molecule has 0 atom stereocenters. The van der Waals surface area contributed by atoms with Gasteiger partial charge in [-0.25, -0.2) is 0 Å². The highest BCUT2D eigenvalue weighted by atomic mass is 14.2. The second kappa shape index (κ2) is 11.7. The minimum Gasteiger partial charge on any atom is -0.198 e. The van der Waals surface area contributed by atoms with Crippen molar-refractivity contribution in [3.8, 4) is 6.07 Å². The molecule has 0 aromatic heterocycles. The van der Waals surface area contributed by atoms with E-state index in [9.17, 15) is 0 Å². The quantitative estimate of drug-likeness (QED) is 0.415. The summed E-state index contributed by atoms with van der Waals surface area (Å²) < 4.78 is 0. The van der Waals surface area contributed by atoms with Crippen LogP contribution in [0.4, 0.5) is 0 Å². The molecule has 76 valence electrons. The molecule has 1 heteroatoms. The van der Waals surface area contributed by atoms with Gasteiger partial charge in [0.2, 0.25) is 0 Å². The summed E-state index contributed by atoms with van der Waals surface area (Å²) in [7, 11) is 0. The summed E-state index contributed by atoms with van der Waals surface area (Å²) in [5.74, 6) is 0. The first-order valence-corrected chi connectivity index (χ1v) is 5.19. The molecule has 0 spiro atoms. The summed E-state index contributed by atoms with van der Waals surface area (Å²) in [4.78, 5) is 0. The molecule has 0 fully saturated rings. The molecule has 0 saturated heterocycles. The molecular formula is C13H19N. The lowest BCUT2D eigenvalue weighted by molar-refractivity contribution is 0.861. The van der Waals surface area contributed by atoms with E-state index in [2.05, 4.69) is 37.0 Å². The van der Waals surface area contributed by atoms with Crippen molar-refractivity contribution in [2.24, 2.45) is 0 Å². The predicted molar refractivity (Wildman–Crippen MR) is 61.8 cm³/mol. The van der Waals surface area contributed by atoms with Gasteiger partial charge in [-0.15, -0.1) is 6.58 Å². The largest absolute Gasteiger partial charge is 0.198 e. The zero-order valence-electron chi connectivity index (χ0n) is 8.78. The van der Waals surface area contributed by atoms with Gasteiger partial charge < -0.3 is 0 Å². The number of hydrogen-bond donors (Lipinski definition) is 0. The van der Waals surface area contributed by atoms with Gasteiger partial charge in [-0.1, -0.05) is 30.4 Å². The summed E-state index contributed by atoms with van der Waals surface area (Å²) in [5, 5.41) is 8.29. The van der Waals surface area contributed by atoms with Crippen LogP contribution in [0.15, 0.2) is 37.0 Å². The minimum absolute atomic E-state index is 0.635. The van der Waals surface area contributed by atoms with E-state index < -0.39 is 0 Å². The zero-order valence-corrected chi connectivity index (χ0v) is 8.78. The Hall–Kier alpha value is -1.29. The van der Waals surface area contributed by atoms with Crippen molar-refractivity contribution in [1.82, 2.24) is 0 Å². The number of hydrogen-bond acceptors (Lipinski definition) is 1. The lowest BCUT2D eigenvalue weighted by atomic mass is 10.2. The van der Waals surface area contributed by atoms with Crippen LogP contribution >= 0.6 is 0 Å². The summed E-state index contributed by atoms with van der Waals surface area (Å²) in [6.45, 7) is 3.65. The van der Waals surface area contributed by atoms with Gasteiger partial charge in [-0.3, -0.25) is 0 Å². The Morgan fingerprint density at radius 1 is 1.00 bits per heavy atom. The molecule has 0 aliphatic rings. The molecule has 0 aliphatic heterocycles. The molecule has 0 unspecified atom stereocenters. The van der Waals surface area contributed by atoms with Gasteiger partial charge in [0.05, 0.1) is 6.07 Å². The topological polar surface area (TPSA) is 23.8 Å². The molecule has 0 heterocycles. The summed E-state index contributed by atoms with van der Waals surface area (Å²) in [5.41, 5.74) is 0. The Balaban J connectivity index is 3.17. The minimum atomic E-state index is 0.635. The van der Waals surface area contributed by atoms with E-state index >= 15 is 0 Å². The van der Waals surface area contributed by atoms with Gasteiger partial charge in [0, 0.05) is 6.42 Å². The van der Waals surface area contributed by atoms with E-state index in [1.54, 1.807) is 0 Å². The normalized spacial score (nSPS) is 10.8. The van der Waals surface area contributed by atoms with E-state index in [-0.39, 0.29) is 0 Å². The number of unbranched alkanes of at least 4 members (excludes halogenated alkanes) is 3. The third-order valence-corrected chi connectivity index (χ3v) is 1.80. The molecule has 0 aromatic carbocycles. The fourth-order valence-electron chi connectivity index (χ4n) is 1.05. The molecule has 0 bridgehead atoms. The maximum atomic E-state index is 8.29. The van der Waals surface area contributed by atoms with Gasteiger partial charge in [-0.2, -0.15) is 5.26 Å². The van der Waals surface area contributed by atoms with E-state index in [4.69, 9.17) is 5.26 Å². The number of nitrogens with zero attached hydrogens (tertiary/aromatic N) is 1. The third-order valence-electron chi connectivity index (χ3n) is 1.80. The number of nitriles is 1. The number of rotatable bonds is 8. The van der Waals surface area contributed by atoms with Gasteiger partial charge in [0.1, 0.15) is 0 Å². The Labute approximate surface area is 87.4 Å². The maximum Gasteiger partial charge on any atom is 0.0624 e. The van der Waals surface area contributed by atoms with Crippen LogP contribution < -0.4 is 0 Å². The first-order chi connectivity index (χ1) is 6.91. The Kier molecular flexibility index (Phi) is 10.6. The van der Waals surface area contributed by atoms with Gasteiger partial charge in [-0.05, 0) is 32.1 Å². The average molecular weight is 189 g/mol. The average Bonchev–Trinajstić information content (AvgIpc) is 2.21. The Bertz CT molecular complexity index is 218. The molecule has 0 saturated carbocycles. The lowest BCUT2D eigenvalue weighted by Crippen LogP contribution is -1.70. The van der Waals surface area contributed by atoms with Gasteiger partial charge >= 0.3 is 0 Å². The van der Waals surface area contributed by atoms with Gasteiger partial charge in [0.15, 0.2) is 0 Å². The van der Waals surface area contributed by atoms with Crippen molar-refractivity contribution in [2.45, 2.75) is 38.5 Å². The molecule has 14 heavy (non-hydrogen) atoms. The predicted octanol–water partition coefficient (Wildman–Crippen LogP) is 4.15. The van der Waals surface area contributed by atoms with E-state index in [0.717, 1.165) is 25.7 Å². The summed E-state index contributed by atoms with van der Waals surface area (Å²) in [6, 6.07) is 2.12. The molecule has 0 amide bonds. The monoisotopic (exact) mass is 189 g/mol. The second-order valence-electron chi connectivity index (χ2n) is 3.09. The molecule has 0 aliphatic carbocycles. The summed E-state index contributed by atoms with van der Waals surface area (Å²) >= 11 is 0. The standard InChI is InChI=1S/C13H19N/c1-2-3-4-5-6-7-8-9-10-11-12-13-14/h2,4-5,9-10H,1,3,6-8,11-12H2/b5-4+,10-9+. The molecule has 0 N–H and O–H groups in total. The zero-order chi connectivity index (χ0) is 10.5. The van der Waals surface area contributed by atoms with Crippen LogP contribution in [-0.4, -0.2) is 0 Å². The van der Waals surface area contributed by atoms with Crippen molar-refractivity contribution in [2.75, 3.05) is 0 Å². The van der Waals surface area contributed by atoms with Crippen molar-refractivity contribution >= 4 is 0 Å². The molecule has 0 radical (unpaired) electrons. The second-order valence-corrected chi connectivity index (χ2v) is 3.09. The maximum absolute atomic E-state index is 8.29. The van der Waals surface area contributed by atoms with E-state index in [1.807, 2.05) is 6.08 Å². The Morgan fingerprint density at radius 3 is 2.29 bits per heavy atom. The third kappa shape index (κ3) is 10.7. The SMILES string of the molecule is C=CC/C=C/CCC/C=C/CCC#N. The van der Waals surface area contributed by atoms with Crippen molar-refractivity contribution in [3.63, 3.8) is 0 Å². The van der Waals surface area contributed by atoms with E-state index in [0.29, 0.717) is 6.42 Å².